The summed E-state index contributed by atoms with van der Waals surface area (Å²) in [6, 6.07) is 12.1. The van der Waals surface area contributed by atoms with Crippen molar-refractivity contribution in [1.29, 1.82) is 0 Å². The second kappa shape index (κ2) is 8.22. The molecule has 0 spiro atoms. The molecule has 4 aliphatic rings. The number of fused-ring (bicyclic) bond motifs is 9. The summed E-state index contributed by atoms with van der Waals surface area (Å²) in [6.07, 6.45) is -3.88. The summed E-state index contributed by atoms with van der Waals surface area (Å²) in [5, 5.41) is 0.807. The van der Waals surface area contributed by atoms with Gasteiger partial charge in [-0.1, -0.05) is 29.5 Å². The van der Waals surface area contributed by atoms with Crippen LogP contribution in [0.2, 0.25) is 0 Å². The number of imide groups is 1. The Morgan fingerprint density at radius 2 is 1.71 bits per heavy atom. The highest BCUT2D eigenvalue weighted by Gasteiger charge is 2.69. The molecule has 7 atom stereocenters. The molecule has 11 heteroatoms. The van der Waals surface area contributed by atoms with E-state index in [1.54, 1.807) is 18.9 Å². The minimum Gasteiger partial charge on any atom is -0.497 e. The number of thioether (sulfide) groups is 1. The van der Waals surface area contributed by atoms with Gasteiger partial charge in [-0.15, -0.1) is 11.8 Å². The molecule has 0 radical (unpaired) electrons. The fraction of sp³-hybridized carbons (Fsp3) is 0.370. The number of methoxy groups -OCH3 is 1. The maximum atomic E-state index is 13.7. The number of H-pyrrole nitrogens is 1. The van der Waals surface area contributed by atoms with Crippen molar-refractivity contribution in [2.75, 3.05) is 12.0 Å². The zero-order valence-corrected chi connectivity index (χ0v) is 21.5. The van der Waals surface area contributed by atoms with Gasteiger partial charge < -0.3 is 9.72 Å². The predicted molar refractivity (Wildman–Crippen MR) is 135 cm³/mol. The molecule has 6 unspecified atom stereocenters. The fourth-order valence-electron chi connectivity index (χ4n) is 7.28. The zero-order valence-electron chi connectivity index (χ0n) is 19.9. The third kappa shape index (κ3) is 3.30. The molecule has 2 aliphatic carbocycles. The maximum absolute atomic E-state index is 13.7. The summed E-state index contributed by atoms with van der Waals surface area (Å²) in [4.78, 5) is 44.5. The van der Waals surface area contributed by atoms with Gasteiger partial charge in [0.15, 0.2) is 0 Å². The number of rotatable bonds is 3. The van der Waals surface area contributed by atoms with Gasteiger partial charge in [-0.2, -0.15) is 13.2 Å². The number of aromatic nitrogens is 1. The van der Waals surface area contributed by atoms with Crippen molar-refractivity contribution >= 4 is 40.6 Å². The van der Waals surface area contributed by atoms with Crippen LogP contribution in [0.15, 0.2) is 58.4 Å². The van der Waals surface area contributed by atoms with Crippen LogP contribution in [0.25, 0.3) is 0 Å². The summed E-state index contributed by atoms with van der Waals surface area (Å²) in [5.41, 5.74) is 0.0791. The van der Waals surface area contributed by atoms with Crippen molar-refractivity contribution < 1.29 is 27.5 Å². The number of aromatic amines is 1. The van der Waals surface area contributed by atoms with Crippen LogP contribution in [0.4, 0.5) is 18.9 Å². The molecule has 2 aliphatic heterocycles. The molecule has 7 rings (SSSR count). The van der Waals surface area contributed by atoms with Gasteiger partial charge in [-0.05, 0) is 60.1 Å². The highest BCUT2D eigenvalue weighted by molar-refractivity contribution is 8.00. The molecule has 38 heavy (non-hydrogen) atoms. The number of ether oxygens (including phenoxy) is 1. The van der Waals surface area contributed by atoms with Crippen LogP contribution in [0.1, 0.15) is 28.3 Å². The van der Waals surface area contributed by atoms with E-state index in [-0.39, 0.29) is 39.5 Å². The quantitative estimate of drug-likeness (QED) is 0.451. The smallest absolute Gasteiger partial charge is 0.416 e. The van der Waals surface area contributed by atoms with Gasteiger partial charge in [-0.3, -0.25) is 19.3 Å². The molecule has 2 bridgehead atoms. The molecule has 2 aromatic carbocycles. The number of hydrogen-bond donors (Lipinski definition) is 1. The minimum absolute atomic E-state index is 0.00399. The van der Waals surface area contributed by atoms with E-state index in [1.807, 2.05) is 24.3 Å². The molecule has 6 nitrogen and oxygen atoms in total. The Hall–Kier alpha value is -3.05. The number of thiazole rings is 1. The molecule has 1 saturated heterocycles. The third-order valence-electron chi connectivity index (χ3n) is 8.63. The maximum Gasteiger partial charge on any atom is 0.416 e. The lowest BCUT2D eigenvalue weighted by atomic mass is 9.68. The zero-order chi connectivity index (χ0) is 26.5. The second-order valence-corrected chi connectivity index (χ2v) is 12.5. The molecular formula is C27H21F3N2O4S2. The molecule has 2 amide bonds. The SMILES string of the molecule is COc1ccc([C@H]2c3sc(=O)[nH]c3SC3C4CC(C5C(=O)N(c6cccc(C(F)(F)F)c6)C(=O)C45)C32)cc1. The van der Waals surface area contributed by atoms with E-state index in [9.17, 15) is 27.6 Å². The lowest BCUT2D eigenvalue weighted by Gasteiger charge is -2.43. The van der Waals surface area contributed by atoms with Crippen molar-refractivity contribution in [3.8, 4) is 5.75 Å². The highest BCUT2D eigenvalue weighted by atomic mass is 32.2. The Labute approximate surface area is 223 Å². The topological polar surface area (TPSA) is 79.5 Å². The largest absolute Gasteiger partial charge is 0.497 e. The number of carbonyl (C=O) groups is 2. The fourth-order valence-corrected chi connectivity index (χ4v) is 10.2. The van der Waals surface area contributed by atoms with Crippen molar-refractivity contribution in [3.05, 3.63) is 74.2 Å². The molecule has 1 aromatic heterocycles. The van der Waals surface area contributed by atoms with Gasteiger partial charge in [-0.25, -0.2) is 0 Å². The van der Waals surface area contributed by atoms with Crippen LogP contribution in [0.5, 0.6) is 5.75 Å². The van der Waals surface area contributed by atoms with Crippen molar-refractivity contribution in [2.45, 2.75) is 28.8 Å². The summed E-state index contributed by atoms with van der Waals surface area (Å²) in [7, 11) is 1.59. The van der Waals surface area contributed by atoms with Crippen LogP contribution in [0.3, 0.4) is 0 Å². The van der Waals surface area contributed by atoms with Crippen LogP contribution >= 0.6 is 23.1 Å². The van der Waals surface area contributed by atoms with Crippen molar-refractivity contribution in [3.63, 3.8) is 0 Å². The monoisotopic (exact) mass is 558 g/mol. The molecule has 2 saturated carbocycles. The number of benzene rings is 2. The van der Waals surface area contributed by atoms with Crippen LogP contribution < -0.4 is 14.5 Å². The second-order valence-electron chi connectivity index (χ2n) is 10.3. The Balaban J connectivity index is 1.29. The number of alkyl halides is 3. The molecule has 1 N–H and O–H groups in total. The molecule has 3 heterocycles. The Morgan fingerprint density at radius 3 is 2.39 bits per heavy atom. The van der Waals surface area contributed by atoms with E-state index in [0.717, 1.165) is 32.5 Å². The molecular weight excluding hydrogens is 537 g/mol. The van der Waals surface area contributed by atoms with Crippen LogP contribution in [-0.4, -0.2) is 29.2 Å². The number of hydrogen-bond acceptors (Lipinski definition) is 6. The van der Waals surface area contributed by atoms with Crippen LogP contribution in [-0.2, 0) is 15.8 Å². The molecule has 3 fully saturated rings. The van der Waals surface area contributed by atoms with E-state index >= 15 is 0 Å². The Kier molecular flexibility index (Phi) is 5.20. The molecule has 3 aromatic rings. The van der Waals surface area contributed by atoms with Gasteiger partial charge in [0.1, 0.15) is 5.75 Å². The number of carbonyl (C=O) groups excluding carboxylic acids is 2. The summed E-state index contributed by atoms with van der Waals surface area (Å²) in [5.74, 6) is -1.63. The van der Waals surface area contributed by atoms with Crippen molar-refractivity contribution in [1.82, 2.24) is 4.98 Å². The number of nitrogens with zero attached hydrogens (tertiary/aromatic N) is 1. The van der Waals surface area contributed by atoms with E-state index in [2.05, 4.69) is 4.98 Å². The summed E-state index contributed by atoms with van der Waals surface area (Å²) < 4.78 is 45.4. The minimum atomic E-state index is -4.58. The first kappa shape index (κ1) is 24.0. The number of halogens is 3. The number of nitrogens with one attached hydrogen (secondary N) is 1. The predicted octanol–water partition coefficient (Wildman–Crippen LogP) is 5.14. The number of anilines is 1. The Morgan fingerprint density at radius 1 is 1.00 bits per heavy atom. The van der Waals surface area contributed by atoms with E-state index in [0.29, 0.717) is 12.2 Å². The van der Waals surface area contributed by atoms with Crippen molar-refractivity contribution in [2.24, 2.45) is 29.6 Å². The first-order valence-corrected chi connectivity index (χ1v) is 14.0. The summed E-state index contributed by atoms with van der Waals surface area (Å²) in [6.45, 7) is 0. The highest BCUT2D eigenvalue weighted by Crippen LogP contribution is 2.68. The van der Waals surface area contributed by atoms with Gasteiger partial charge in [0.2, 0.25) is 11.8 Å². The Bertz CT molecular complexity index is 1530. The standard InChI is InChI=1S/C27H21F3N2O4S2/c1-36-14-7-5-11(6-8-14)17-18-15-10-16(21(18)37-23-22(17)38-26(35)31-23)20-19(15)24(33)32(25(20)34)13-4-2-3-12(9-13)27(28,29)30/h2-9,15-21H,10H2,1H3,(H,31,35)/t15?,16?,17-,18?,19?,20?,21?/m1/s1. The van der Waals surface area contributed by atoms with Gasteiger partial charge in [0.25, 0.3) is 0 Å². The lowest BCUT2D eigenvalue weighted by Crippen LogP contribution is -2.42. The van der Waals surface area contributed by atoms with Gasteiger partial charge in [0, 0.05) is 16.0 Å². The first-order chi connectivity index (χ1) is 18.2. The van der Waals surface area contributed by atoms with Gasteiger partial charge >= 0.3 is 11.0 Å². The third-order valence-corrected chi connectivity index (χ3v) is 11.2. The van der Waals surface area contributed by atoms with E-state index < -0.39 is 35.4 Å². The number of amides is 2. The van der Waals surface area contributed by atoms with Crippen LogP contribution in [0, 0.1) is 29.6 Å². The van der Waals surface area contributed by atoms with E-state index in [4.69, 9.17) is 4.74 Å². The average Bonchev–Trinajstić information content (AvgIpc) is 3.62. The lowest BCUT2D eigenvalue weighted by molar-refractivity contribution is -0.137. The van der Waals surface area contributed by atoms with E-state index in [1.165, 1.54) is 23.5 Å². The molecule has 196 valence electrons. The normalized spacial score (nSPS) is 31.4. The average molecular weight is 559 g/mol. The van der Waals surface area contributed by atoms with Gasteiger partial charge in [0.05, 0.1) is 35.2 Å². The first-order valence-electron chi connectivity index (χ1n) is 12.3. The summed E-state index contributed by atoms with van der Waals surface area (Å²) >= 11 is 2.75.